The normalized spacial score (nSPS) is 15.0. The van der Waals surface area contributed by atoms with Crippen LogP contribution in [0.2, 0.25) is 0 Å². The number of rotatable bonds is 10. The fourth-order valence-corrected chi connectivity index (χ4v) is 5.99. The molecule has 40 heavy (non-hydrogen) atoms. The van der Waals surface area contributed by atoms with Gasteiger partial charge in [0.05, 0.1) is 12.3 Å². The highest BCUT2D eigenvalue weighted by atomic mass is 32.2. The van der Waals surface area contributed by atoms with Crippen LogP contribution in [0.5, 0.6) is 5.88 Å². The van der Waals surface area contributed by atoms with E-state index in [-0.39, 0.29) is 11.8 Å². The zero-order chi connectivity index (χ0) is 28.3. The van der Waals surface area contributed by atoms with E-state index in [1.54, 1.807) is 38.3 Å². The van der Waals surface area contributed by atoms with Crippen LogP contribution in [-0.4, -0.2) is 72.9 Å². The molecule has 1 saturated heterocycles. The second-order valence-corrected chi connectivity index (χ2v) is 11.5. The fourth-order valence-electron chi connectivity index (χ4n) is 4.77. The van der Waals surface area contributed by atoms with Crippen molar-refractivity contribution in [1.82, 2.24) is 25.1 Å². The third-order valence-electron chi connectivity index (χ3n) is 6.99. The number of sulfonamides is 1. The van der Waals surface area contributed by atoms with Crippen molar-refractivity contribution in [2.24, 2.45) is 0 Å². The van der Waals surface area contributed by atoms with Gasteiger partial charge in [-0.2, -0.15) is 10.1 Å². The van der Waals surface area contributed by atoms with E-state index in [1.165, 1.54) is 12.1 Å². The summed E-state index contributed by atoms with van der Waals surface area (Å²) in [6.07, 6.45) is 2.47. The molecule has 212 valence electrons. The molecule has 2 aromatic carbocycles. The summed E-state index contributed by atoms with van der Waals surface area (Å²) in [7, 11) is -2.39. The maximum Gasteiger partial charge on any atom is 0.264 e. The Hall–Kier alpha value is -3.61. The van der Waals surface area contributed by atoms with Crippen LogP contribution in [0.15, 0.2) is 47.4 Å². The van der Waals surface area contributed by atoms with Gasteiger partial charge in [-0.15, -0.1) is 0 Å². The monoisotopic (exact) mass is 568 g/mol. The van der Waals surface area contributed by atoms with Gasteiger partial charge in [-0.05, 0) is 68.1 Å². The molecule has 0 amide bonds. The molecule has 0 unspecified atom stereocenters. The molecule has 1 aliphatic rings. The first kappa shape index (κ1) is 27.9. The predicted octanol–water partition coefficient (Wildman–Crippen LogP) is 4.32. The summed E-state index contributed by atoms with van der Waals surface area (Å²) in [5.41, 5.74) is 3.01. The number of fused-ring (bicyclic) bond motifs is 1. The smallest absolute Gasteiger partial charge is 0.264 e. The van der Waals surface area contributed by atoms with E-state index >= 15 is 0 Å². The second kappa shape index (κ2) is 11.9. The molecule has 5 rings (SSSR count). The number of aromatic amines is 1. The zero-order valence-electron chi connectivity index (χ0n) is 22.8. The zero-order valence-corrected chi connectivity index (χ0v) is 23.6. The fraction of sp³-hybridized carbons (Fsp3) is 0.393. The molecule has 3 heterocycles. The van der Waals surface area contributed by atoms with E-state index in [9.17, 15) is 12.8 Å². The van der Waals surface area contributed by atoms with Gasteiger partial charge in [0.2, 0.25) is 5.88 Å². The summed E-state index contributed by atoms with van der Waals surface area (Å²) in [5.74, 6) is 0.0988. The SMILES string of the molecule is CCc1n[nH]c2nc(-c3ccc(NS(=O)(=O)c4cc(C)ccc4F)cc3)nc(OC3CCN(CCOC)CC3)c12. The van der Waals surface area contributed by atoms with Crippen molar-refractivity contribution in [3.63, 3.8) is 0 Å². The Kier molecular flexibility index (Phi) is 8.29. The lowest BCUT2D eigenvalue weighted by atomic mass is 10.1. The number of H-pyrrole nitrogens is 1. The topological polar surface area (TPSA) is 122 Å². The molecule has 0 saturated carbocycles. The van der Waals surface area contributed by atoms with E-state index in [0.717, 1.165) is 49.6 Å². The Morgan fingerprint density at radius 2 is 1.88 bits per heavy atom. The number of methoxy groups -OCH3 is 1. The minimum Gasteiger partial charge on any atom is -0.474 e. The van der Waals surface area contributed by atoms with E-state index in [1.807, 2.05) is 6.92 Å². The van der Waals surface area contributed by atoms with Crippen LogP contribution in [0.4, 0.5) is 10.1 Å². The van der Waals surface area contributed by atoms with Crippen molar-refractivity contribution in [2.75, 3.05) is 38.1 Å². The summed E-state index contributed by atoms with van der Waals surface area (Å²) >= 11 is 0. The molecule has 12 heteroatoms. The average molecular weight is 569 g/mol. The average Bonchev–Trinajstić information content (AvgIpc) is 3.37. The number of piperidine rings is 1. The second-order valence-electron chi connectivity index (χ2n) is 9.87. The third-order valence-corrected chi connectivity index (χ3v) is 8.39. The molecular weight excluding hydrogens is 535 g/mol. The van der Waals surface area contributed by atoms with E-state index in [2.05, 4.69) is 24.8 Å². The number of hydrogen-bond acceptors (Lipinski definition) is 8. The largest absolute Gasteiger partial charge is 0.474 e. The lowest BCUT2D eigenvalue weighted by Gasteiger charge is -2.31. The highest BCUT2D eigenvalue weighted by Gasteiger charge is 2.24. The van der Waals surface area contributed by atoms with Crippen LogP contribution in [0.3, 0.4) is 0 Å². The van der Waals surface area contributed by atoms with Crippen LogP contribution in [0, 0.1) is 12.7 Å². The standard InChI is InChI=1S/C28H33FN6O4S/c1-4-23-25-27(33-32-23)30-26(31-28(25)39-21-11-13-35(14-12-21)15-16-38-3)19-6-8-20(9-7-19)34-40(36,37)24-17-18(2)5-10-22(24)29/h5-10,17,21,34H,4,11-16H2,1-3H3,(H,30,31,32,33). The molecule has 1 fully saturated rings. The van der Waals surface area contributed by atoms with Crippen molar-refractivity contribution >= 4 is 26.7 Å². The lowest BCUT2D eigenvalue weighted by molar-refractivity contribution is 0.0782. The number of benzene rings is 2. The summed E-state index contributed by atoms with van der Waals surface area (Å²) in [5, 5.41) is 8.18. The Bertz CT molecular complexity index is 1580. The Morgan fingerprint density at radius 1 is 1.12 bits per heavy atom. The molecule has 2 aromatic heterocycles. The molecule has 0 atom stereocenters. The minimum absolute atomic E-state index is 0.0168. The van der Waals surface area contributed by atoms with Crippen molar-refractivity contribution in [3.8, 4) is 17.3 Å². The molecule has 10 nitrogen and oxygen atoms in total. The Labute approximate surface area is 233 Å². The van der Waals surface area contributed by atoms with Gasteiger partial charge in [-0.3, -0.25) is 9.82 Å². The molecule has 0 radical (unpaired) electrons. The summed E-state index contributed by atoms with van der Waals surface area (Å²) < 4.78 is 53.9. The molecule has 1 aliphatic heterocycles. The summed E-state index contributed by atoms with van der Waals surface area (Å²) in [6.45, 7) is 7.18. The van der Waals surface area contributed by atoms with E-state index in [4.69, 9.17) is 14.5 Å². The number of aromatic nitrogens is 4. The number of likely N-dealkylation sites (tertiary alicyclic amines) is 1. The maximum atomic E-state index is 14.2. The van der Waals surface area contributed by atoms with Gasteiger partial charge in [-0.1, -0.05) is 13.0 Å². The molecular formula is C28H33FN6O4S. The Morgan fingerprint density at radius 3 is 2.58 bits per heavy atom. The molecule has 4 aromatic rings. The molecule has 2 N–H and O–H groups in total. The van der Waals surface area contributed by atoms with Crippen LogP contribution < -0.4 is 9.46 Å². The molecule has 0 bridgehead atoms. The van der Waals surface area contributed by atoms with Crippen molar-refractivity contribution in [2.45, 2.75) is 44.1 Å². The van der Waals surface area contributed by atoms with Crippen LogP contribution >= 0.6 is 0 Å². The highest BCUT2D eigenvalue weighted by molar-refractivity contribution is 7.92. The number of hydrogen-bond donors (Lipinski definition) is 2. The quantitative estimate of drug-likeness (QED) is 0.290. The summed E-state index contributed by atoms with van der Waals surface area (Å²) in [6, 6.07) is 10.6. The first-order valence-corrected chi connectivity index (χ1v) is 14.8. The highest BCUT2D eigenvalue weighted by Crippen LogP contribution is 2.31. The van der Waals surface area contributed by atoms with Gasteiger partial charge in [0.25, 0.3) is 10.0 Å². The third kappa shape index (κ3) is 6.08. The first-order valence-electron chi connectivity index (χ1n) is 13.3. The van der Waals surface area contributed by atoms with Gasteiger partial charge in [-0.25, -0.2) is 17.8 Å². The van der Waals surface area contributed by atoms with Gasteiger partial charge in [0, 0.05) is 38.0 Å². The number of aryl methyl sites for hydroxylation is 2. The van der Waals surface area contributed by atoms with Crippen LogP contribution in [0.1, 0.15) is 31.0 Å². The summed E-state index contributed by atoms with van der Waals surface area (Å²) in [4.78, 5) is 11.4. The predicted molar refractivity (Wildman–Crippen MR) is 150 cm³/mol. The van der Waals surface area contributed by atoms with Gasteiger partial charge in [0.15, 0.2) is 11.5 Å². The van der Waals surface area contributed by atoms with Crippen LogP contribution in [-0.2, 0) is 21.2 Å². The van der Waals surface area contributed by atoms with Crippen LogP contribution in [0.25, 0.3) is 22.4 Å². The van der Waals surface area contributed by atoms with Crippen molar-refractivity contribution < 1.29 is 22.3 Å². The van der Waals surface area contributed by atoms with Gasteiger partial charge in [0.1, 0.15) is 22.2 Å². The number of nitrogens with one attached hydrogen (secondary N) is 2. The van der Waals surface area contributed by atoms with E-state index in [0.29, 0.717) is 41.5 Å². The van der Waals surface area contributed by atoms with Crippen molar-refractivity contribution in [1.29, 1.82) is 0 Å². The number of anilines is 1. The number of nitrogens with zero attached hydrogens (tertiary/aromatic N) is 4. The number of ether oxygens (including phenoxy) is 2. The van der Waals surface area contributed by atoms with Crippen molar-refractivity contribution in [3.05, 3.63) is 59.5 Å². The Balaban J connectivity index is 1.38. The maximum absolute atomic E-state index is 14.2. The first-order chi connectivity index (χ1) is 19.3. The minimum atomic E-state index is -4.11. The lowest BCUT2D eigenvalue weighted by Crippen LogP contribution is -2.39. The van der Waals surface area contributed by atoms with Gasteiger partial charge < -0.3 is 14.4 Å². The van der Waals surface area contributed by atoms with E-state index < -0.39 is 20.7 Å². The van der Waals surface area contributed by atoms with Gasteiger partial charge >= 0.3 is 0 Å². The number of halogens is 1. The molecule has 0 spiro atoms. The molecule has 0 aliphatic carbocycles.